The minimum absolute atomic E-state index is 0.0183. The number of nitrogens with one attached hydrogen (secondary N) is 1. The van der Waals surface area contributed by atoms with E-state index in [1.54, 1.807) is 19.2 Å². The van der Waals surface area contributed by atoms with Crippen LogP contribution in [0.5, 0.6) is 5.75 Å². The first-order valence-corrected chi connectivity index (χ1v) is 11.8. The molecule has 0 saturated carbocycles. The number of hydrogen-bond acceptors (Lipinski definition) is 4. The Bertz CT molecular complexity index is 949. The van der Waals surface area contributed by atoms with Crippen LogP contribution in [-0.4, -0.2) is 45.4 Å². The van der Waals surface area contributed by atoms with Crippen molar-refractivity contribution in [2.24, 2.45) is 5.92 Å². The lowest BCUT2D eigenvalue weighted by Crippen LogP contribution is -2.39. The second kappa shape index (κ2) is 10.1. The van der Waals surface area contributed by atoms with Crippen LogP contribution < -0.4 is 10.1 Å². The molecule has 1 amide bonds. The molecule has 0 atom stereocenters. The van der Waals surface area contributed by atoms with Crippen molar-refractivity contribution in [2.45, 2.75) is 37.5 Å². The molecule has 1 aliphatic heterocycles. The van der Waals surface area contributed by atoms with Crippen LogP contribution in [0.25, 0.3) is 0 Å². The fraction of sp³-hybridized carbons (Fsp3) is 0.435. The fourth-order valence-corrected chi connectivity index (χ4v) is 5.26. The number of amides is 1. The Morgan fingerprint density at radius 1 is 1.10 bits per heavy atom. The third-order valence-electron chi connectivity index (χ3n) is 5.62. The summed E-state index contributed by atoms with van der Waals surface area (Å²) in [4.78, 5) is 12.6. The largest absolute Gasteiger partial charge is 0.496 e. The first-order chi connectivity index (χ1) is 14.4. The number of benzene rings is 2. The summed E-state index contributed by atoms with van der Waals surface area (Å²) in [7, 11) is -1.82. The number of sulfonamides is 1. The van der Waals surface area contributed by atoms with Gasteiger partial charge in [-0.15, -0.1) is 0 Å². The number of aryl methyl sites for hydroxylation is 1. The summed E-state index contributed by atoms with van der Waals surface area (Å²) >= 11 is 0. The molecule has 2 aromatic rings. The molecule has 3 rings (SSSR count). The molecule has 1 N–H and O–H groups in total. The third kappa shape index (κ3) is 5.61. The van der Waals surface area contributed by atoms with E-state index in [2.05, 4.69) is 5.32 Å². The summed E-state index contributed by atoms with van der Waals surface area (Å²) in [6, 6.07) is 14.7. The number of ether oxygens (including phenoxy) is 1. The van der Waals surface area contributed by atoms with Gasteiger partial charge >= 0.3 is 0 Å². The zero-order valence-corrected chi connectivity index (χ0v) is 18.5. The van der Waals surface area contributed by atoms with Crippen LogP contribution in [0.1, 0.15) is 30.4 Å². The van der Waals surface area contributed by atoms with E-state index in [0.29, 0.717) is 50.2 Å². The van der Waals surface area contributed by atoms with Crippen molar-refractivity contribution >= 4 is 15.9 Å². The van der Waals surface area contributed by atoms with Crippen LogP contribution in [0.2, 0.25) is 0 Å². The van der Waals surface area contributed by atoms with E-state index in [9.17, 15) is 13.2 Å². The fourth-order valence-electron chi connectivity index (χ4n) is 3.79. The molecule has 0 aromatic heterocycles. The maximum Gasteiger partial charge on any atom is 0.243 e. The maximum absolute atomic E-state index is 12.8. The van der Waals surface area contributed by atoms with E-state index in [4.69, 9.17) is 4.74 Å². The van der Waals surface area contributed by atoms with Gasteiger partial charge < -0.3 is 10.1 Å². The lowest BCUT2D eigenvalue weighted by atomic mass is 9.94. The SMILES string of the molecule is COc1ccccc1CCNC(=O)CC1CCN(S(=O)(=O)c2ccc(C)cc2)CC1. The number of para-hydroxylation sites is 1. The molecular weight excluding hydrogens is 400 g/mol. The van der Waals surface area contributed by atoms with Gasteiger partial charge in [0.15, 0.2) is 0 Å². The second-order valence-electron chi connectivity index (χ2n) is 7.78. The standard InChI is InChI=1S/C23H30N2O4S/c1-18-7-9-21(10-8-18)30(27,28)25-15-12-19(13-16-25)17-23(26)24-14-11-20-5-3-4-6-22(20)29-2/h3-10,19H,11-17H2,1-2H3,(H,24,26). The molecule has 1 heterocycles. The highest BCUT2D eigenvalue weighted by atomic mass is 32.2. The minimum Gasteiger partial charge on any atom is -0.496 e. The van der Waals surface area contributed by atoms with Crippen LogP contribution in [-0.2, 0) is 21.2 Å². The zero-order valence-electron chi connectivity index (χ0n) is 17.6. The van der Waals surface area contributed by atoms with Gasteiger partial charge in [-0.2, -0.15) is 4.31 Å². The minimum atomic E-state index is -3.46. The van der Waals surface area contributed by atoms with Crippen LogP contribution in [0.15, 0.2) is 53.4 Å². The first-order valence-electron chi connectivity index (χ1n) is 10.4. The van der Waals surface area contributed by atoms with Gasteiger partial charge in [-0.1, -0.05) is 35.9 Å². The second-order valence-corrected chi connectivity index (χ2v) is 9.71. The lowest BCUT2D eigenvalue weighted by molar-refractivity contribution is -0.122. The Morgan fingerprint density at radius 2 is 1.77 bits per heavy atom. The monoisotopic (exact) mass is 430 g/mol. The Hall–Kier alpha value is -2.38. The van der Waals surface area contributed by atoms with E-state index >= 15 is 0 Å². The Labute approximate surface area is 179 Å². The predicted molar refractivity (Wildman–Crippen MR) is 117 cm³/mol. The third-order valence-corrected chi connectivity index (χ3v) is 7.53. The smallest absolute Gasteiger partial charge is 0.243 e. The number of nitrogens with zero attached hydrogens (tertiary/aromatic N) is 1. The quantitative estimate of drug-likeness (QED) is 0.698. The molecule has 1 fully saturated rings. The Kier molecular flexibility index (Phi) is 7.50. The predicted octanol–water partition coefficient (Wildman–Crippen LogP) is 3.15. The highest BCUT2D eigenvalue weighted by Gasteiger charge is 2.30. The van der Waals surface area contributed by atoms with E-state index < -0.39 is 10.0 Å². The molecule has 0 unspecified atom stereocenters. The summed E-state index contributed by atoms with van der Waals surface area (Å²) < 4.78 is 32.5. The summed E-state index contributed by atoms with van der Waals surface area (Å²) in [5, 5.41) is 2.98. The van der Waals surface area contributed by atoms with Crippen molar-refractivity contribution in [3.8, 4) is 5.75 Å². The summed E-state index contributed by atoms with van der Waals surface area (Å²) in [5.41, 5.74) is 2.10. The highest BCUT2D eigenvalue weighted by molar-refractivity contribution is 7.89. The van der Waals surface area contributed by atoms with Crippen molar-refractivity contribution in [1.82, 2.24) is 9.62 Å². The lowest BCUT2D eigenvalue weighted by Gasteiger charge is -2.31. The van der Waals surface area contributed by atoms with Gasteiger partial charge in [0.05, 0.1) is 12.0 Å². The van der Waals surface area contributed by atoms with E-state index in [0.717, 1.165) is 16.9 Å². The molecule has 0 radical (unpaired) electrons. The molecule has 30 heavy (non-hydrogen) atoms. The average Bonchev–Trinajstić information content (AvgIpc) is 2.75. The average molecular weight is 431 g/mol. The summed E-state index contributed by atoms with van der Waals surface area (Å²) in [6.07, 6.45) is 2.55. The van der Waals surface area contributed by atoms with Crippen molar-refractivity contribution in [2.75, 3.05) is 26.7 Å². The van der Waals surface area contributed by atoms with Gasteiger partial charge in [0, 0.05) is 26.1 Å². The first kappa shape index (κ1) is 22.3. The molecule has 0 bridgehead atoms. The molecular formula is C23H30N2O4S. The summed E-state index contributed by atoms with van der Waals surface area (Å²) in [6.45, 7) is 3.40. The Balaban J connectivity index is 1.44. The molecule has 0 spiro atoms. The van der Waals surface area contributed by atoms with Crippen molar-refractivity contribution in [3.05, 3.63) is 59.7 Å². The van der Waals surface area contributed by atoms with E-state index in [1.807, 2.05) is 43.3 Å². The molecule has 162 valence electrons. The van der Waals surface area contributed by atoms with E-state index in [1.165, 1.54) is 4.31 Å². The molecule has 1 aliphatic rings. The van der Waals surface area contributed by atoms with Crippen molar-refractivity contribution in [3.63, 3.8) is 0 Å². The van der Waals surface area contributed by atoms with Crippen LogP contribution in [0, 0.1) is 12.8 Å². The van der Waals surface area contributed by atoms with Crippen LogP contribution >= 0.6 is 0 Å². The molecule has 0 aliphatic carbocycles. The van der Waals surface area contributed by atoms with Crippen molar-refractivity contribution < 1.29 is 17.9 Å². The van der Waals surface area contributed by atoms with Gasteiger partial charge in [0.25, 0.3) is 0 Å². The Morgan fingerprint density at radius 3 is 2.43 bits per heavy atom. The zero-order chi connectivity index (χ0) is 21.6. The topological polar surface area (TPSA) is 75.7 Å². The van der Waals surface area contributed by atoms with Gasteiger partial charge in [-0.3, -0.25) is 4.79 Å². The molecule has 1 saturated heterocycles. The number of carbonyl (C=O) groups is 1. The van der Waals surface area contributed by atoms with Crippen LogP contribution in [0.3, 0.4) is 0 Å². The number of methoxy groups -OCH3 is 1. The van der Waals surface area contributed by atoms with Gasteiger partial charge in [-0.05, 0) is 55.9 Å². The molecule has 6 nitrogen and oxygen atoms in total. The summed E-state index contributed by atoms with van der Waals surface area (Å²) in [5.74, 6) is 1.05. The van der Waals surface area contributed by atoms with Gasteiger partial charge in [0.1, 0.15) is 5.75 Å². The molecule has 7 heteroatoms. The number of rotatable bonds is 8. The number of piperidine rings is 1. The number of hydrogen-bond donors (Lipinski definition) is 1. The van der Waals surface area contributed by atoms with Gasteiger partial charge in [-0.25, -0.2) is 8.42 Å². The van der Waals surface area contributed by atoms with Gasteiger partial charge in [0.2, 0.25) is 15.9 Å². The maximum atomic E-state index is 12.8. The van der Waals surface area contributed by atoms with Crippen LogP contribution in [0.4, 0.5) is 0 Å². The molecule has 2 aromatic carbocycles. The number of carbonyl (C=O) groups excluding carboxylic acids is 1. The van der Waals surface area contributed by atoms with E-state index in [-0.39, 0.29) is 11.8 Å². The highest BCUT2D eigenvalue weighted by Crippen LogP contribution is 2.26. The normalized spacial score (nSPS) is 15.7. The van der Waals surface area contributed by atoms with Crippen molar-refractivity contribution in [1.29, 1.82) is 0 Å².